The van der Waals surface area contributed by atoms with Gasteiger partial charge in [-0.2, -0.15) is 0 Å². The molecule has 484 valence electrons. The number of nitrogens with one attached hydrogen (secondary N) is 7. The Balaban J connectivity index is 1.32. The Hall–Kier alpha value is -9.08. The minimum absolute atomic E-state index is 0.0825. The van der Waals surface area contributed by atoms with E-state index in [4.69, 9.17) is 47.9 Å². The molecular weight excluding hydrogens is 1240 g/mol. The van der Waals surface area contributed by atoms with Gasteiger partial charge < -0.3 is 113 Å². The zero-order valence-corrected chi connectivity index (χ0v) is 49.5. The number of carbonyl (C=O) groups is 8. The Kier molecular flexibility index (Phi) is 19.8. The summed E-state index contributed by atoms with van der Waals surface area (Å²) in [7, 11) is 1.47. The fraction of sp³-hybridized carbons (Fsp3) is 0.356. The molecule has 5 aromatic rings. The lowest BCUT2D eigenvalue weighted by Gasteiger charge is -2.39. The van der Waals surface area contributed by atoms with Gasteiger partial charge in [0, 0.05) is 22.8 Å². The van der Waals surface area contributed by atoms with Crippen LogP contribution < -0.4 is 57.2 Å². The molecule has 0 saturated carbocycles. The van der Waals surface area contributed by atoms with Crippen LogP contribution in [0.15, 0.2) is 78.9 Å². The number of carboxylic acids is 1. The van der Waals surface area contributed by atoms with Crippen LogP contribution in [-0.4, -0.2) is 167 Å². The highest BCUT2D eigenvalue weighted by atomic mass is 35.5. The van der Waals surface area contributed by atoms with Gasteiger partial charge in [0.05, 0.1) is 29.1 Å². The second-order valence-corrected chi connectivity index (χ2v) is 23.0. The van der Waals surface area contributed by atoms with Crippen LogP contribution in [-0.2, 0) is 43.1 Å². The zero-order chi connectivity index (χ0) is 66.2. The van der Waals surface area contributed by atoms with Crippen molar-refractivity contribution in [2.24, 2.45) is 11.7 Å². The number of carbonyl (C=O) groups excluding carboxylic acids is 7. The van der Waals surface area contributed by atoms with Gasteiger partial charge in [-0.25, -0.2) is 4.79 Å². The molecule has 30 nitrogen and oxygen atoms in total. The maximum atomic E-state index is 15.8. The summed E-state index contributed by atoms with van der Waals surface area (Å²) in [6, 6.07) is -0.613. The number of likely N-dealkylation sites (N-methyl/N-ethyl adjacent to an activating group) is 1. The van der Waals surface area contributed by atoms with Gasteiger partial charge in [-0.15, -0.1) is 0 Å². The van der Waals surface area contributed by atoms with E-state index in [-0.39, 0.29) is 45.6 Å². The number of phenolic OH excluding ortho intramolecular Hbond substituents is 3. The molecule has 9 unspecified atom stereocenters. The molecule has 0 aromatic heterocycles. The first kappa shape index (κ1) is 66.3. The average Bonchev–Trinajstić information content (AvgIpc) is 0.790. The topological polar surface area (TPSA) is 486 Å². The third-order valence-corrected chi connectivity index (χ3v) is 16.0. The van der Waals surface area contributed by atoms with Crippen LogP contribution in [0.3, 0.4) is 0 Å². The predicted octanol–water partition coefficient (Wildman–Crippen LogP) is -0.131. The molecule has 6 aliphatic rings. The standard InChI is InChI=1S/C59H62Cl2N8O22/c1-20(2)10-30(63-3)52(80)68-44-46(75)22-5-8-34(28(60)12-22)88-36-14-24-15-37(51(36)91-59-50(79)49(78)48(77)38(19-70)90-59)89-35-9-6-23(13-29(35)61)47(76)45-57(85)67-43(58(86)87)27-16-25(71)17-33(73)40(27)26-11-21(4-7-32(26)72)41(54(82)69-45)66-55(83)42(24)65-53(81)31(18-39(62)74)64-56(44)84/h4-9,11-17,20,30-31,38,41-50,59,63,70-73,75-79H,10,18-19H2,1-3H3,(H2,62,74)(H,64,84)(H,65,81)(H,66,83)(H,67,85)(H,68,80)(H,69,82)(H,86,87)/t30-,31?,38-,41?,42?,43?,44?,45?,46?,47?,48-,49+,50-,59?/m1/s1. The van der Waals surface area contributed by atoms with Crippen molar-refractivity contribution in [3.8, 4) is 57.1 Å². The highest BCUT2D eigenvalue weighted by Gasteiger charge is 2.47. The molecule has 6 aliphatic heterocycles. The molecule has 14 atom stereocenters. The first-order valence-corrected chi connectivity index (χ1v) is 28.7. The number of fused-ring (bicyclic) bond motifs is 15. The Bertz CT molecular complexity index is 3730. The van der Waals surface area contributed by atoms with E-state index in [0.717, 1.165) is 66.7 Å². The number of amides is 7. The maximum absolute atomic E-state index is 15.8. The van der Waals surface area contributed by atoms with Gasteiger partial charge in [0.15, 0.2) is 17.5 Å². The number of aliphatic hydroxyl groups is 6. The van der Waals surface area contributed by atoms with Gasteiger partial charge >= 0.3 is 5.97 Å². The SMILES string of the molecule is CN[C@H](CC(C)C)C(=O)NC1C(=O)NC(CC(N)=O)C(=O)NC2C(=O)NC3C(=O)NC(C(=O)NC(C(=O)O)c4cc(O)cc(O)c4-c4cc3ccc4O)C(O)c3ccc(c(Cl)c3)Oc3cc2cc(c3OC2O[C@H](CO)[C@@H](O)[C@H](O)[C@H]2O)Oc2ccc(cc2Cl)C1O. The zero-order valence-electron chi connectivity index (χ0n) is 48.0. The molecule has 1 saturated heterocycles. The molecule has 1 fully saturated rings. The Labute approximate surface area is 525 Å². The number of aromatic hydroxyl groups is 3. The molecule has 91 heavy (non-hydrogen) atoms. The lowest BCUT2D eigenvalue weighted by molar-refractivity contribution is -0.277. The minimum Gasteiger partial charge on any atom is -0.508 e. The monoisotopic (exact) mass is 1300 g/mol. The number of benzene rings is 5. The summed E-state index contributed by atoms with van der Waals surface area (Å²) in [6.45, 7) is 2.69. The van der Waals surface area contributed by atoms with Gasteiger partial charge in [-0.05, 0) is 96.2 Å². The highest BCUT2D eigenvalue weighted by molar-refractivity contribution is 6.32. The number of nitrogens with two attached hydrogens (primary N) is 1. The summed E-state index contributed by atoms with van der Waals surface area (Å²) in [5.74, 6) is -15.8. The number of hydrogen-bond donors (Lipinski definition) is 18. The number of ether oxygens (including phenoxy) is 4. The van der Waals surface area contributed by atoms with Crippen LogP contribution in [0, 0.1) is 5.92 Å². The van der Waals surface area contributed by atoms with Crippen molar-refractivity contribution in [1.82, 2.24) is 37.2 Å². The minimum atomic E-state index is -2.31. The van der Waals surface area contributed by atoms with Crippen molar-refractivity contribution < 1.29 is 108 Å². The van der Waals surface area contributed by atoms with E-state index in [2.05, 4.69) is 37.2 Å². The van der Waals surface area contributed by atoms with Crippen molar-refractivity contribution in [2.75, 3.05) is 13.7 Å². The van der Waals surface area contributed by atoms with Gasteiger partial charge in [-0.1, -0.05) is 55.2 Å². The van der Waals surface area contributed by atoms with Crippen LogP contribution in [0.25, 0.3) is 11.1 Å². The number of halogens is 2. The molecule has 19 N–H and O–H groups in total. The number of aliphatic hydroxyl groups excluding tert-OH is 6. The number of aliphatic carboxylic acids is 1. The van der Waals surface area contributed by atoms with E-state index >= 15 is 14.4 Å². The van der Waals surface area contributed by atoms with E-state index in [1.165, 1.54) is 19.2 Å². The third-order valence-electron chi connectivity index (χ3n) is 15.4. The Morgan fingerprint density at radius 3 is 1.84 bits per heavy atom. The molecular formula is C59H62Cl2N8O22. The van der Waals surface area contributed by atoms with Gasteiger partial charge in [-0.3, -0.25) is 33.6 Å². The molecule has 0 aliphatic carbocycles. The smallest absolute Gasteiger partial charge is 0.330 e. The van der Waals surface area contributed by atoms with Crippen LogP contribution in [0.2, 0.25) is 10.0 Å². The second-order valence-electron chi connectivity index (χ2n) is 22.2. The maximum Gasteiger partial charge on any atom is 0.330 e. The van der Waals surface area contributed by atoms with Crippen molar-refractivity contribution in [3.63, 3.8) is 0 Å². The number of phenols is 3. The largest absolute Gasteiger partial charge is 0.508 e. The fourth-order valence-corrected chi connectivity index (χ4v) is 11.2. The second kappa shape index (κ2) is 27.2. The van der Waals surface area contributed by atoms with Crippen LogP contribution in [0.5, 0.6) is 46.0 Å². The van der Waals surface area contributed by atoms with Crippen molar-refractivity contribution >= 4 is 70.5 Å². The normalized spacial score (nSPS) is 26.2. The number of primary amides is 1. The quantitative estimate of drug-likeness (QED) is 0.0819. The summed E-state index contributed by atoms with van der Waals surface area (Å²) >= 11 is 13.8. The number of hydrogen-bond acceptors (Lipinski definition) is 22. The summed E-state index contributed by atoms with van der Waals surface area (Å²) < 4.78 is 24.8. The number of carboxylic acid groups (broad SMARTS) is 1. The van der Waals surface area contributed by atoms with Crippen LogP contribution in [0.4, 0.5) is 0 Å². The fourth-order valence-electron chi connectivity index (χ4n) is 10.7. The van der Waals surface area contributed by atoms with Crippen molar-refractivity contribution in [2.45, 2.75) is 112 Å². The summed E-state index contributed by atoms with van der Waals surface area (Å²) in [5, 5.41) is 128. The molecule has 7 amide bonds. The molecule has 0 spiro atoms. The van der Waals surface area contributed by atoms with E-state index in [9.17, 15) is 75.0 Å². The van der Waals surface area contributed by atoms with E-state index < -0.39 is 207 Å². The van der Waals surface area contributed by atoms with E-state index in [0.29, 0.717) is 0 Å². The molecule has 6 heterocycles. The summed E-state index contributed by atoms with van der Waals surface area (Å²) in [6.07, 6.45) is -14.9. The van der Waals surface area contributed by atoms with Gasteiger partial charge in [0.25, 0.3) is 0 Å². The van der Waals surface area contributed by atoms with Crippen LogP contribution >= 0.6 is 23.2 Å². The summed E-state index contributed by atoms with van der Waals surface area (Å²) in [5.41, 5.74) is 2.90. The average molecular weight is 1310 g/mol. The number of rotatable bonds is 11. The Morgan fingerprint density at radius 1 is 0.659 bits per heavy atom. The molecule has 0 radical (unpaired) electrons. The van der Waals surface area contributed by atoms with E-state index in [1.54, 1.807) is 0 Å². The van der Waals surface area contributed by atoms with Gasteiger partial charge in [0.1, 0.15) is 95.6 Å². The lowest BCUT2D eigenvalue weighted by atomic mass is 9.89. The van der Waals surface area contributed by atoms with Gasteiger partial charge in [0.2, 0.25) is 53.4 Å². The highest BCUT2D eigenvalue weighted by Crippen LogP contribution is 2.49. The molecule has 11 rings (SSSR count). The predicted molar refractivity (Wildman–Crippen MR) is 313 cm³/mol. The summed E-state index contributed by atoms with van der Waals surface area (Å²) in [4.78, 5) is 115. The van der Waals surface area contributed by atoms with Crippen molar-refractivity contribution in [3.05, 3.63) is 117 Å². The molecule has 32 heteroatoms. The first-order chi connectivity index (χ1) is 43.1. The third kappa shape index (κ3) is 14.0. The lowest BCUT2D eigenvalue weighted by Crippen LogP contribution is -2.60. The molecule has 5 aromatic carbocycles. The first-order valence-electron chi connectivity index (χ1n) is 27.9. The van der Waals surface area contributed by atoms with E-state index in [1.807, 2.05) is 13.8 Å². The van der Waals surface area contributed by atoms with Crippen molar-refractivity contribution in [1.29, 1.82) is 0 Å². The van der Waals surface area contributed by atoms with Crippen LogP contribution in [0.1, 0.15) is 84.8 Å². The molecule has 11 bridgehead atoms. The Morgan fingerprint density at radius 2 is 1.25 bits per heavy atom.